The van der Waals surface area contributed by atoms with Crippen LogP contribution >= 0.6 is 0 Å². The number of benzene rings is 3. The van der Waals surface area contributed by atoms with Gasteiger partial charge in [0, 0.05) is 32.5 Å². The molecule has 1 heterocycles. The molecule has 4 rings (SSSR count). The molecule has 1 fully saturated rings. The van der Waals surface area contributed by atoms with Crippen molar-refractivity contribution in [2.24, 2.45) is 50.3 Å². The number of nitrogens with zero attached hydrogens (tertiary/aromatic N) is 3. The van der Waals surface area contributed by atoms with E-state index in [1.165, 1.54) is 30.9 Å². The Bertz CT molecular complexity index is 3020. The van der Waals surface area contributed by atoms with Gasteiger partial charge in [-0.05, 0) is 111 Å². The summed E-state index contributed by atoms with van der Waals surface area (Å²) in [5.41, 5.74) is 32.9. The van der Waals surface area contributed by atoms with Gasteiger partial charge in [0.05, 0.1) is 25.0 Å². The van der Waals surface area contributed by atoms with Crippen molar-refractivity contribution in [3.8, 4) is 5.75 Å². The molecule has 8 atom stereocenters. The van der Waals surface area contributed by atoms with Gasteiger partial charge >= 0.3 is 6.18 Å². The van der Waals surface area contributed by atoms with Crippen LogP contribution in [0.15, 0.2) is 82.8 Å². The van der Waals surface area contributed by atoms with Gasteiger partial charge in [0.25, 0.3) is 0 Å². The van der Waals surface area contributed by atoms with Crippen LogP contribution in [0.5, 0.6) is 5.75 Å². The standard InChI is InChI=1S/C59H82F4N16O11/c1-5-39(56(89)79-27-9-12-45(79)54(87)75-41(11-8-26-71-58(68)69)50(83)74-40(49(65)82)10-7-25-70-57(66)67)73-52(85)44(31-46(64)80)77-55(88)48(32(3)4)78-53(86)43(29-33-15-21-37(60)22-16-33)76-51(84)42(28-34-17-23-38(24-18-34)90-6-2)72-47(81)30-35-13-19-36(20-14-35)59(61,62)63/h13-24,32,39-45,48H,5-12,25-31H2,1-4H3,(H2,64,80)(H2,65,82)(H,72,81)(H,73,85)(H,74,83)(H,75,87)(H,76,84)(H,77,88)(H,78,86)(H4,66,67,70)(H4,68,69,71)/t39-,40-,41-,42+,43-,44-,45-,48-/m0/s1. The molecule has 0 saturated carbocycles. The Hall–Kier alpha value is -9.58. The maximum Gasteiger partial charge on any atom is 0.416 e. The second-order valence-electron chi connectivity index (χ2n) is 21.7. The molecule has 10 amide bonds. The number of alkyl halides is 3. The predicted molar refractivity (Wildman–Crippen MR) is 323 cm³/mol. The lowest BCUT2D eigenvalue weighted by Crippen LogP contribution is -2.61. The van der Waals surface area contributed by atoms with E-state index in [0.717, 1.165) is 36.4 Å². The molecule has 0 aromatic heterocycles. The number of likely N-dealkylation sites (tertiary alicyclic amines) is 1. The Balaban J connectivity index is 1.55. The lowest BCUT2D eigenvalue weighted by Gasteiger charge is -2.31. The molecule has 492 valence electrons. The van der Waals surface area contributed by atoms with Crippen molar-refractivity contribution in [3.63, 3.8) is 0 Å². The van der Waals surface area contributed by atoms with Gasteiger partial charge in [-0.1, -0.05) is 57.2 Å². The van der Waals surface area contributed by atoms with Crippen molar-refractivity contribution in [2.75, 3.05) is 26.2 Å². The molecule has 90 heavy (non-hydrogen) atoms. The van der Waals surface area contributed by atoms with Gasteiger partial charge in [-0.15, -0.1) is 0 Å². The van der Waals surface area contributed by atoms with Crippen LogP contribution in [0, 0.1) is 11.7 Å². The van der Waals surface area contributed by atoms with E-state index in [9.17, 15) is 65.5 Å². The minimum absolute atomic E-state index is 0.0294. The van der Waals surface area contributed by atoms with Crippen molar-refractivity contribution < 1.29 is 70.2 Å². The average Bonchev–Trinajstić information content (AvgIpc) is 3.79. The molecule has 19 N–H and O–H groups in total. The third kappa shape index (κ3) is 24.2. The number of aliphatic imine (C=N–C) groups is 2. The van der Waals surface area contributed by atoms with Crippen LogP contribution in [0.3, 0.4) is 0 Å². The Labute approximate surface area is 517 Å². The molecular formula is C59H82F4N16O11. The maximum absolute atomic E-state index is 14.5. The minimum atomic E-state index is -4.63. The van der Waals surface area contributed by atoms with Crippen molar-refractivity contribution in [1.82, 2.24) is 42.1 Å². The van der Waals surface area contributed by atoms with Crippen molar-refractivity contribution in [1.29, 1.82) is 0 Å². The fourth-order valence-corrected chi connectivity index (χ4v) is 9.59. The summed E-state index contributed by atoms with van der Waals surface area (Å²) in [6, 6.07) is 4.06. The summed E-state index contributed by atoms with van der Waals surface area (Å²) in [5, 5.41) is 18.0. The number of nitrogens with two attached hydrogens (primary N) is 6. The van der Waals surface area contributed by atoms with Crippen LogP contribution in [0.2, 0.25) is 0 Å². The summed E-state index contributed by atoms with van der Waals surface area (Å²) < 4.78 is 59.6. The van der Waals surface area contributed by atoms with Gasteiger partial charge in [-0.3, -0.25) is 57.9 Å². The van der Waals surface area contributed by atoms with E-state index in [4.69, 9.17) is 39.1 Å². The average molecular weight is 1270 g/mol. The monoisotopic (exact) mass is 1270 g/mol. The molecular weight excluding hydrogens is 1180 g/mol. The molecule has 1 saturated heterocycles. The van der Waals surface area contributed by atoms with Crippen LogP contribution in [-0.4, -0.2) is 150 Å². The van der Waals surface area contributed by atoms with Gasteiger partial charge in [-0.25, -0.2) is 4.39 Å². The van der Waals surface area contributed by atoms with Gasteiger partial charge in [0.1, 0.15) is 59.9 Å². The smallest absolute Gasteiger partial charge is 0.416 e. The van der Waals surface area contributed by atoms with Gasteiger partial charge in [-0.2, -0.15) is 13.2 Å². The number of rotatable bonds is 35. The van der Waals surface area contributed by atoms with Crippen molar-refractivity contribution in [3.05, 3.63) is 101 Å². The lowest BCUT2D eigenvalue weighted by molar-refractivity contribution is -0.143. The topological polar surface area (TPSA) is 448 Å². The second-order valence-corrected chi connectivity index (χ2v) is 21.7. The number of hydrogen-bond acceptors (Lipinski definition) is 13. The maximum atomic E-state index is 14.5. The zero-order chi connectivity index (χ0) is 66.8. The van der Waals surface area contributed by atoms with Crippen LogP contribution in [-0.2, 0) is 73.4 Å². The molecule has 1 aliphatic rings. The Morgan fingerprint density at radius 1 is 0.600 bits per heavy atom. The summed E-state index contributed by atoms with van der Waals surface area (Å²) >= 11 is 0. The van der Waals surface area contributed by atoms with Crippen molar-refractivity contribution in [2.45, 2.75) is 153 Å². The molecule has 3 aromatic rings. The zero-order valence-corrected chi connectivity index (χ0v) is 50.5. The van der Waals surface area contributed by atoms with E-state index in [2.05, 4.69) is 47.2 Å². The first-order valence-corrected chi connectivity index (χ1v) is 29.2. The number of ether oxygens (including phenoxy) is 1. The summed E-state index contributed by atoms with van der Waals surface area (Å²) in [7, 11) is 0. The second kappa shape index (κ2) is 35.4. The van der Waals surface area contributed by atoms with E-state index < -0.39 is 144 Å². The molecule has 0 unspecified atom stereocenters. The van der Waals surface area contributed by atoms with Crippen molar-refractivity contribution >= 4 is 71.0 Å². The molecule has 1 aliphatic heterocycles. The molecule has 0 radical (unpaired) electrons. The highest BCUT2D eigenvalue weighted by molar-refractivity contribution is 5.99. The van der Waals surface area contributed by atoms with Gasteiger partial charge in [0.2, 0.25) is 59.1 Å². The van der Waals surface area contributed by atoms with E-state index in [0.29, 0.717) is 29.9 Å². The number of amides is 10. The SMILES string of the molecule is CCOc1ccc(C[C@@H](NC(=O)Cc2ccc(C(F)(F)F)cc2)C(=O)N[C@@H](Cc2ccc(F)cc2)C(=O)N[C@H](C(=O)N[C@@H](CC(N)=O)C(=O)N[C@@H](CC)C(=O)N2CCC[C@H]2C(=O)N[C@@H](CCCN=C(N)N)C(=O)N[C@@H](CCCN=C(N)N)C(N)=O)C(C)C)cc1. The van der Waals surface area contributed by atoms with Crippen LogP contribution < -0.4 is 76.4 Å². The zero-order valence-electron chi connectivity index (χ0n) is 50.5. The molecule has 0 bridgehead atoms. The highest BCUT2D eigenvalue weighted by Gasteiger charge is 2.41. The van der Waals surface area contributed by atoms with E-state index >= 15 is 0 Å². The van der Waals surface area contributed by atoms with Crippen LogP contribution in [0.1, 0.15) is 101 Å². The summed E-state index contributed by atoms with van der Waals surface area (Å²) in [6.07, 6.45) is -5.53. The first-order valence-electron chi connectivity index (χ1n) is 29.2. The first-order chi connectivity index (χ1) is 42.5. The molecule has 0 spiro atoms. The van der Waals surface area contributed by atoms with E-state index in [-0.39, 0.29) is 88.5 Å². The van der Waals surface area contributed by atoms with Gasteiger partial charge in [0.15, 0.2) is 11.9 Å². The lowest BCUT2D eigenvalue weighted by atomic mass is 9.99. The fourth-order valence-electron chi connectivity index (χ4n) is 9.59. The fraction of sp³-hybridized carbons (Fsp3) is 0.492. The number of nitrogens with one attached hydrogen (secondary N) is 7. The normalized spacial score (nSPS) is 15.2. The number of carbonyl (C=O) groups is 10. The summed E-state index contributed by atoms with van der Waals surface area (Å²) in [4.78, 5) is 147. The summed E-state index contributed by atoms with van der Waals surface area (Å²) in [5.74, 6) is -10.2. The highest BCUT2D eigenvalue weighted by atomic mass is 19.4. The number of guanidine groups is 2. The first kappa shape index (κ1) is 72.9. The quantitative estimate of drug-likeness (QED) is 0.0148. The number of primary amides is 2. The Morgan fingerprint density at radius 2 is 1.09 bits per heavy atom. The minimum Gasteiger partial charge on any atom is -0.494 e. The third-order valence-electron chi connectivity index (χ3n) is 14.3. The van der Waals surface area contributed by atoms with E-state index in [1.54, 1.807) is 38.1 Å². The number of carbonyl (C=O) groups excluding carboxylic acids is 10. The largest absolute Gasteiger partial charge is 0.494 e. The molecule has 27 nitrogen and oxygen atoms in total. The van der Waals surface area contributed by atoms with Crippen LogP contribution in [0.25, 0.3) is 0 Å². The molecule has 3 aromatic carbocycles. The number of hydrogen-bond donors (Lipinski definition) is 13. The van der Waals surface area contributed by atoms with Crippen LogP contribution in [0.4, 0.5) is 17.6 Å². The number of halogens is 4. The van der Waals surface area contributed by atoms with E-state index in [1.807, 2.05) is 0 Å². The summed E-state index contributed by atoms with van der Waals surface area (Å²) in [6.45, 7) is 6.98. The Kier molecular flexibility index (Phi) is 28.7. The highest BCUT2D eigenvalue weighted by Crippen LogP contribution is 2.29. The predicted octanol–water partition coefficient (Wildman–Crippen LogP) is -0.810. The molecule has 31 heteroatoms. The Morgan fingerprint density at radius 3 is 1.61 bits per heavy atom. The molecule has 0 aliphatic carbocycles. The van der Waals surface area contributed by atoms with Gasteiger partial charge < -0.3 is 81.3 Å². The third-order valence-corrected chi connectivity index (χ3v) is 14.3.